The molecule has 0 amide bonds. The average Bonchev–Trinajstić information content (AvgIpc) is 2.46. The van der Waals surface area contributed by atoms with Crippen LogP contribution in [0.15, 0.2) is 22.7 Å². The lowest BCUT2D eigenvalue weighted by atomic mass is 10.1. The number of halogens is 1. The van der Waals surface area contributed by atoms with E-state index in [1.165, 1.54) is 18.4 Å². The van der Waals surface area contributed by atoms with Crippen molar-refractivity contribution in [2.75, 3.05) is 19.8 Å². The Balaban J connectivity index is 2.02. The highest BCUT2D eigenvalue weighted by Gasteiger charge is 2.17. The summed E-state index contributed by atoms with van der Waals surface area (Å²) < 4.78 is 12.8. The molecule has 2 atom stereocenters. The van der Waals surface area contributed by atoms with Gasteiger partial charge in [0.25, 0.3) is 0 Å². The highest BCUT2D eigenvalue weighted by molar-refractivity contribution is 9.10. The standard InChI is InChI=1S/C16H24BrNO2/c1-3-18-12(2)15-8-7-13(17)10-16(15)20-11-14-6-4-5-9-19-14/h7-8,10,12,14,18H,3-6,9,11H2,1-2H3. The topological polar surface area (TPSA) is 30.5 Å². The van der Waals surface area contributed by atoms with E-state index in [4.69, 9.17) is 9.47 Å². The Labute approximate surface area is 130 Å². The molecular formula is C16H24BrNO2. The van der Waals surface area contributed by atoms with E-state index in [1.807, 2.05) is 6.07 Å². The first-order chi connectivity index (χ1) is 9.70. The van der Waals surface area contributed by atoms with Gasteiger partial charge < -0.3 is 14.8 Å². The fraction of sp³-hybridized carbons (Fsp3) is 0.625. The Morgan fingerprint density at radius 2 is 2.30 bits per heavy atom. The lowest BCUT2D eigenvalue weighted by Crippen LogP contribution is -2.26. The number of hydrogen-bond acceptors (Lipinski definition) is 3. The molecule has 4 heteroatoms. The molecule has 112 valence electrons. The van der Waals surface area contributed by atoms with Crippen molar-refractivity contribution < 1.29 is 9.47 Å². The monoisotopic (exact) mass is 341 g/mol. The van der Waals surface area contributed by atoms with Gasteiger partial charge in [0, 0.05) is 22.7 Å². The van der Waals surface area contributed by atoms with Gasteiger partial charge in [0.15, 0.2) is 0 Å². The highest BCUT2D eigenvalue weighted by Crippen LogP contribution is 2.29. The Morgan fingerprint density at radius 3 is 3.00 bits per heavy atom. The summed E-state index contributed by atoms with van der Waals surface area (Å²) in [6.45, 7) is 6.74. The zero-order valence-electron chi connectivity index (χ0n) is 12.3. The van der Waals surface area contributed by atoms with Crippen LogP contribution < -0.4 is 10.1 Å². The van der Waals surface area contributed by atoms with Crippen molar-refractivity contribution in [1.82, 2.24) is 5.32 Å². The van der Waals surface area contributed by atoms with Gasteiger partial charge in [0.1, 0.15) is 12.4 Å². The lowest BCUT2D eigenvalue weighted by molar-refractivity contribution is -0.0113. The van der Waals surface area contributed by atoms with Gasteiger partial charge in [0.2, 0.25) is 0 Å². The van der Waals surface area contributed by atoms with E-state index in [0.717, 1.165) is 29.8 Å². The van der Waals surface area contributed by atoms with Crippen LogP contribution in [0.1, 0.15) is 44.7 Å². The van der Waals surface area contributed by atoms with E-state index in [9.17, 15) is 0 Å². The molecule has 1 N–H and O–H groups in total. The van der Waals surface area contributed by atoms with Crippen molar-refractivity contribution in [2.45, 2.75) is 45.3 Å². The molecule has 1 aliphatic heterocycles. The molecule has 1 aliphatic rings. The predicted molar refractivity (Wildman–Crippen MR) is 85.3 cm³/mol. The minimum atomic E-state index is 0.241. The Hall–Kier alpha value is -0.580. The van der Waals surface area contributed by atoms with Crippen molar-refractivity contribution in [3.63, 3.8) is 0 Å². The third-order valence-electron chi connectivity index (χ3n) is 3.65. The van der Waals surface area contributed by atoms with Crippen molar-refractivity contribution >= 4 is 15.9 Å². The van der Waals surface area contributed by atoms with E-state index in [0.29, 0.717) is 6.61 Å². The maximum atomic E-state index is 6.03. The Kier molecular flexibility index (Phi) is 6.33. The molecule has 0 radical (unpaired) electrons. The molecule has 0 saturated carbocycles. The van der Waals surface area contributed by atoms with Gasteiger partial charge >= 0.3 is 0 Å². The van der Waals surface area contributed by atoms with Gasteiger partial charge in [-0.3, -0.25) is 0 Å². The van der Waals surface area contributed by atoms with Crippen LogP contribution in [0.5, 0.6) is 5.75 Å². The minimum Gasteiger partial charge on any atom is -0.490 e. The highest BCUT2D eigenvalue weighted by atomic mass is 79.9. The molecule has 0 aliphatic carbocycles. The van der Waals surface area contributed by atoms with Crippen LogP contribution in [0.25, 0.3) is 0 Å². The number of hydrogen-bond donors (Lipinski definition) is 1. The number of benzene rings is 1. The van der Waals surface area contributed by atoms with Gasteiger partial charge in [-0.1, -0.05) is 28.9 Å². The van der Waals surface area contributed by atoms with Crippen LogP contribution in [-0.4, -0.2) is 25.9 Å². The van der Waals surface area contributed by atoms with Crippen molar-refractivity contribution in [3.05, 3.63) is 28.2 Å². The van der Waals surface area contributed by atoms with Crippen LogP contribution in [-0.2, 0) is 4.74 Å². The van der Waals surface area contributed by atoms with E-state index in [-0.39, 0.29) is 12.1 Å². The van der Waals surface area contributed by atoms with Crippen LogP contribution in [0.4, 0.5) is 0 Å². The SMILES string of the molecule is CCNC(C)c1ccc(Br)cc1OCC1CCCCO1. The molecule has 0 spiro atoms. The first-order valence-corrected chi connectivity index (χ1v) is 8.27. The third-order valence-corrected chi connectivity index (χ3v) is 4.14. The summed E-state index contributed by atoms with van der Waals surface area (Å²) in [5.41, 5.74) is 1.20. The van der Waals surface area contributed by atoms with Gasteiger partial charge in [-0.15, -0.1) is 0 Å². The second kappa shape index (κ2) is 8.01. The molecule has 2 rings (SSSR count). The fourth-order valence-electron chi connectivity index (χ4n) is 2.53. The second-order valence-corrected chi connectivity index (χ2v) is 6.18. The van der Waals surface area contributed by atoms with Crippen molar-refractivity contribution in [3.8, 4) is 5.75 Å². The predicted octanol–water partition coefficient (Wildman–Crippen LogP) is 4.07. The van der Waals surface area contributed by atoms with Crippen LogP contribution in [0, 0.1) is 0 Å². The zero-order valence-corrected chi connectivity index (χ0v) is 13.9. The van der Waals surface area contributed by atoms with Crippen LogP contribution >= 0.6 is 15.9 Å². The molecule has 0 aromatic heterocycles. The van der Waals surface area contributed by atoms with Crippen molar-refractivity contribution in [2.24, 2.45) is 0 Å². The molecule has 1 heterocycles. The molecule has 3 nitrogen and oxygen atoms in total. The minimum absolute atomic E-state index is 0.241. The zero-order chi connectivity index (χ0) is 14.4. The van der Waals surface area contributed by atoms with Crippen LogP contribution in [0.3, 0.4) is 0 Å². The van der Waals surface area contributed by atoms with E-state index >= 15 is 0 Å². The molecule has 1 fully saturated rings. The molecule has 1 aromatic rings. The number of nitrogens with one attached hydrogen (secondary N) is 1. The van der Waals surface area contributed by atoms with Gasteiger partial charge in [-0.05, 0) is 44.9 Å². The molecule has 0 bridgehead atoms. The van der Waals surface area contributed by atoms with E-state index < -0.39 is 0 Å². The summed E-state index contributed by atoms with van der Waals surface area (Å²) in [5, 5.41) is 3.43. The quantitative estimate of drug-likeness (QED) is 0.845. The van der Waals surface area contributed by atoms with E-state index in [2.05, 4.69) is 47.2 Å². The summed E-state index contributed by atoms with van der Waals surface area (Å²) in [4.78, 5) is 0. The number of rotatable bonds is 6. The van der Waals surface area contributed by atoms with Crippen molar-refractivity contribution in [1.29, 1.82) is 0 Å². The first-order valence-electron chi connectivity index (χ1n) is 7.48. The molecule has 1 saturated heterocycles. The summed E-state index contributed by atoms with van der Waals surface area (Å²) in [6, 6.07) is 6.52. The molecule has 1 aromatic carbocycles. The van der Waals surface area contributed by atoms with Crippen LogP contribution in [0.2, 0.25) is 0 Å². The molecule has 20 heavy (non-hydrogen) atoms. The third kappa shape index (κ3) is 4.47. The lowest BCUT2D eigenvalue weighted by Gasteiger charge is -2.24. The number of ether oxygens (including phenoxy) is 2. The Morgan fingerprint density at radius 1 is 1.45 bits per heavy atom. The van der Waals surface area contributed by atoms with Gasteiger partial charge in [-0.2, -0.15) is 0 Å². The summed E-state index contributed by atoms with van der Waals surface area (Å²) in [7, 11) is 0. The summed E-state index contributed by atoms with van der Waals surface area (Å²) in [6.07, 6.45) is 3.76. The maximum absolute atomic E-state index is 6.03. The van der Waals surface area contributed by atoms with Gasteiger partial charge in [-0.25, -0.2) is 0 Å². The molecule has 2 unspecified atom stereocenters. The summed E-state index contributed by atoms with van der Waals surface area (Å²) in [5.74, 6) is 0.946. The Bertz CT molecular complexity index is 419. The first kappa shape index (κ1) is 15.8. The van der Waals surface area contributed by atoms with Gasteiger partial charge in [0.05, 0.1) is 6.10 Å². The second-order valence-electron chi connectivity index (χ2n) is 5.26. The smallest absolute Gasteiger partial charge is 0.125 e. The molecular weight excluding hydrogens is 318 g/mol. The average molecular weight is 342 g/mol. The largest absolute Gasteiger partial charge is 0.490 e. The normalized spacial score (nSPS) is 20.6. The maximum Gasteiger partial charge on any atom is 0.125 e. The summed E-state index contributed by atoms with van der Waals surface area (Å²) >= 11 is 3.52. The fourth-order valence-corrected chi connectivity index (χ4v) is 2.87. The van der Waals surface area contributed by atoms with E-state index in [1.54, 1.807) is 0 Å².